The lowest BCUT2D eigenvalue weighted by Crippen LogP contribution is -2.25. The number of halogens is 2. The summed E-state index contributed by atoms with van der Waals surface area (Å²) in [5.41, 5.74) is 5.71. The lowest BCUT2D eigenvalue weighted by atomic mass is 9.87. The molecule has 0 amide bonds. The van der Waals surface area contributed by atoms with E-state index in [1.165, 1.54) is 6.07 Å². The van der Waals surface area contributed by atoms with E-state index in [4.69, 9.17) is 31.3 Å². The molecule has 1 fully saturated rings. The number of pyridine rings is 1. The van der Waals surface area contributed by atoms with Crippen molar-refractivity contribution in [2.24, 2.45) is 7.05 Å². The van der Waals surface area contributed by atoms with Crippen LogP contribution in [-0.4, -0.2) is 30.8 Å². The topological polar surface area (TPSA) is 65.7 Å². The quantitative estimate of drug-likeness (QED) is 0.379. The average Bonchev–Trinajstić information content (AvgIpc) is 3.20. The molecule has 0 radical (unpaired) electrons. The minimum atomic E-state index is -0.429. The van der Waals surface area contributed by atoms with Crippen LogP contribution in [0.3, 0.4) is 0 Å². The number of hydrogen-bond acceptors (Lipinski definition) is 5. The van der Waals surface area contributed by atoms with Crippen LogP contribution in [0.4, 0.5) is 4.39 Å². The molecule has 0 bridgehead atoms. The summed E-state index contributed by atoms with van der Waals surface area (Å²) in [4.78, 5) is 14.5. The van der Waals surface area contributed by atoms with Crippen molar-refractivity contribution in [2.45, 2.75) is 51.7 Å². The Labute approximate surface area is 196 Å². The Bertz CT molecular complexity index is 1350. The first-order valence-corrected chi connectivity index (χ1v) is 11.4. The fourth-order valence-electron chi connectivity index (χ4n) is 4.54. The van der Waals surface area contributed by atoms with Crippen LogP contribution in [0.15, 0.2) is 36.7 Å². The summed E-state index contributed by atoms with van der Waals surface area (Å²) in [5, 5.41) is 4.63. The minimum Gasteiger partial charge on any atom is -0.370 e. The molecule has 0 aliphatic carbocycles. The largest absolute Gasteiger partial charge is 0.370 e. The van der Waals surface area contributed by atoms with Gasteiger partial charge in [0.25, 0.3) is 0 Å². The number of nitrogens with zero attached hydrogens (tertiary/aromatic N) is 5. The molecule has 6 nitrogen and oxygen atoms in total. The molecule has 3 atom stereocenters. The van der Waals surface area contributed by atoms with Crippen LogP contribution >= 0.6 is 11.6 Å². The van der Waals surface area contributed by atoms with Gasteiger partial charge in [-0.15, -0.1) is 0 Å². The van der Waals surface area contributed by atoms with Gasteiger partial charge >= 0.3 is 0 Å². The lowest BCUT2D eigenvalue weighted by molar-refractivity contribution is -0.0506. The van der Waals surface area contributed by atoms with Crippen molar-refractivity contribution in [3.8, 4) is 11.3 Å². The third-order valence-electron chi connectivity index (χ3n) is 6.30. The molecule has 0 saturated carbocycles. The Morgan fingerprint density at radius 1 is 1.09 bits per heavy atom. The highest BCUT2D eigenvalue weighted by Gasteiger charge is 2.31. The van der Waals surface area contributed by atoms with E-state index in [0.717, 1.165) is 35.5 Å². The van der Waals surface area contributed by atoms with E-state index in [2.05, 4.69) is 12.0 Å². The van der Waals surface area contributed by atoms with E-state index in [1.807, 2.05) is 39.4 Å². The molecule has 8 heteroatoms. The van der Waals surface area contributed by atoms with E-state index in [-0.39, 0.29) is 18.1 Å². The highest BCUT2D eigenvalue weighted by molar-refractivity contribution is 6.30. The van der Waals surface area contributed by atoms with Gasteiger partial charge in [0.05, 0.1) is 35.3 Å². The summed E-state index contributed by atoms with van der Waals surface area (Å²) in [7, 11) is 1.90. The predicted octanol–water partition coefficient (Wildman–Crippen LogP) is 5.86. The fraction of sp³-hybridized carbons (Fsp3) is 0.360. The zero-order chi connectivity index (χ0) is 23.3. The Morgan fingerprint density at radius 3 is 2.61 bits per heavy atom. The summed E-state index contributed by atoms with van der Waals surface area (Å²) in [6, 6.07) is 6.63. The van der Waals surface area contributed by atoms with E-state index in [1.54, 1.807) is 16.8 Å². The van der Waals surface area contributed by atoms with Crippen molar-refractivity contribution < 1.29 is 9.13 Å². The third kappa shape index (κ3) is 4.23. The minimum absolute atomic E-state index is 0.0491. The molecular weight excluding hydrogens is 441 g/mol. The van der Waals surface area contributed by atoms with Crippen molar-refractivity contribution in [2.75, 3.05) is 0 Å². The molecule has 1 aliphatic heterocycles. The Kier molecular flexibility index (Phi) is 5.62. The maximum Gasteiger partial charge on any atom is 0.134 e. The van der Waals surface area contributed by atoms with Crippen molar-refractivity contribution >= 4 is 22.6 Å². The van der Waals surface area contributed by atoms with Crippen LogP contribution in [-0.2, 0) is 11.8 Å². The summed E-state index contributed by atoms with van der Waals surface area (Å²) in [6.45, 7) is 5.90. The molecule has 1 aliphatic rings. The Hall–Kier alpha value is -2.90. The van der Waals surface area contributed by atoms with Gasteiger partial charge in [-0.2, -0.15) is 5.10 Å². The van der Waals surface area contributed by atoms with Gasteiger partial charge in [0.1, 0.15) is 17.0 Å². The fourth-order valence-corrected chi connectivity index (χ4v) is 4.70. The van der Waals surface area contributed by atoms with Crippen LogP contribution in [0, 0.1) is 19.7 Å². The van der Waals surface area contributed by atoms with E-state index >= 15 is 0 Å². The molecule has 5 rings (SSSR count). The van der Waals surface area contributed by atoms with Gasteiger partial charge in [-0.1, -0.05) is 11.6 Å². The molecule has 0 N–H and O–H groups in total. The zero-order valence-corrected chi connectivity index (χ0v) is 19.8. The average molecular weight is 466 g/mol. The molecule has 0 spiro atoms. The van der Waals surface area contributed by atoms with Crippen LogP contribution in [0.1, 0.15) is 54.4 Å². The van der Waals surface area contributed by atoms with Gasteiger partial charge in [-0.05, 0) is 57.9 Å². The molecule has 170 valence electrons. The molecule has 4 heterocycles. The van der Waals surface area contributed by atoms with E-state index in [0.29, 0.717) is 27.3 Å². The molecule has 33 heavy (non-hydrogen) atoms. The van der Waals surface area contributed by atoms with E-state index < -0.39 is 5.82 Å². The second-order valence-corrected chi connectivity index (χ2v) is 9.27. The maximum absolute atomic E-state index is 15.0. The first-order valence-electron chi connectivity index (χ1n) is 11.0. The number of aromatic nitrogens is 5. The van der Waals surface area contributed by atoms with Crippen molar-refractivity contribution in [1.82, 2.24) is 24.7 Å². The summed E-state index contributed by atoms with van der Waals surface area (Å²) < 4.78 is 23.0. The highest BCUT2D eigenvalue weighted by Crippen LogP contribution is 2.41. The van der Waals surface area contributed by atoms with Gasteiger partial charge in [0.2, 0.25) is 0 Å². The van der Waals surface area contributed by atoms with Gasteiger partial charge in [-0.25, -0.2) is 19.3 Å². The second kappa shape index (κ2) is 8.47. The number of benzene rings is 1. The SMILES string of the molecule is Cc1nc2cc([C@H]3C[C@@H](C)O[C@@H](c4cnn(C)c4)C3)nc(-c3ccc(Cl)cc3F)c2nc1C. The number of hydrogen-bond donors (Lipinski definition) is 0. The Balaban J connectivity index is 1.64. The van der Waals surface area contributed by atoms with Crippen molar-refractivity contribution in [1.29, 1.82) is 0 Å². The maximum atomic E-state index is 15.0. The summed E-state index contributed by atoms with van der Waals surface area (Å²) in [6.07, 6.45) is 5.38. The van der Waals surface area contributed by atoms with Gasteiger partial charge in [-0.3, -0.25) is 4.68 Å². The first-order chi connectivity index (χ1) is 15.8. The van der Waals surface area contributed by atoms with Gasteiger partial charge in [0.15, 0.2) is 0 Å². The lowest BCUT2D eigenvalue weighted by Gasteiger charge is -2.33. The van der Waals surface area contributed by atoms with Gasteiger partial charge < -0.3 is 4.74 Å². The monoisotopic (exact) mass is 465 g/mol. The molecule has 4 aromatic rings. The molecule has 1 aromatic carbocycles. The van der Waals surface area contributed by atoms with Crippen LogP contribution in [0.5, 0.6) is 0 Å². The molecular formula is C25H25ClFN5O. The van der Waals surface area contributed by atoms with E-state index in [9.17, 15) is 4.39 Å². The number of fused-ring (bicyclic) bond motifs is 1. The number of rotatable bonds is 3. The third-order valence-corrected chi connectivity index (χ3v) is 6.53. The number of ether oxygens (including phenoxy) is 1. The Morgan fingerprint density at radius 2 is 1.88 bits per heavy atom. The van der Waals surface area contributed by atoms with Crippen molar-refractivity contribution in [3.63, 3.8) is 0 Å². The van der Waals surface area contributed by atoms with Gasteiger partial charge in [0, 0.05) is 41.0 Å². The summed E-state index contributed by atoms with van der Waals surface area (Å²) >= 11 is 6.00. The van der Waals surface area contributed by atoms with Crippen LogP contribution < -0.4 is 0 Å². The summed E-state index contributed by atoms with van der Waals surface area (Å²) in [5.74, 6) is -0.303. The normalized spacial score (nSPS) is 21.0. The molecule has 3 aromatic heterocycles. The molecule has 0 unspecified atom stereocenters. The standard InChI is InChI=1S/C25H25ClFN5O/c1-13-7-16(8-23(33-13)17-11-28-32(4)12-17)21-10-22-25(30-15(3)14(2)29-22)24(31-21)19-6-5-18(26)9-20(19)27/h5-6,9-13,16,23H,7-8H2,1-4H3/t13-,16+,23-/m1/s1. The number of aryl methyl sites for hydroxylation is 3. The highest BCUT2D eigenvalue weighted by atomic mass is 35.5. The van der Waals surface area contributed by atoms with Crippen LogP contribution in [0.2, 0.25) is 5.02 Å². The zero-order valence-electron chi connectivity index (χ0n) is 19.0. The first kappa shape index (κ1) is 21.9. The smallest absolute Gasteiger partial charge is 0.134 e. The van der Waals surface area contributed by atoms with Crippen molar-refractivity contribution in [3.05, 3.63) is 70.1 Å². The predicted molar refractivity (Wildman–Crippen MR) is 126 cm³/mol. The molecule has 1 saturated heterocycles. The second-order valence-electron chi connectivity index (χ2n) is 8.83. The van der Waals surface area contributed by atoms with Crippen LogP contribution in [0.25, 0.3) is 22.3 Å².